The molecular formula is C27H60O6Si3. The van der Waals surface area contributed by atoms with Crippen LogP contribution in [0.5, 0.6) is 0 Å². The molecule has 3 atom stereocenters. The quantitative estimate of drug-likeness (QED) is 0.225. The van der Waals surface area contributed by atoms with Crippen LogP contribution in [-0.4, -0.2) is 62.7 Å². The molecule has 0 saturated carbocycles. The van der Waals surface area contributed by atoms with E-state index < -0.39 is 25.7 Å². The van der Waals surface area contributed by atoms with Gasteiger partial charge in [0.05, 0.1) is 17.2 Å². The van der Waals surface area contributed by atoms with Crippen molar-refractivity contribution >= 4 is 25.7 Å². The van der Waals surface area contributed by atoms with E-state index in [0.29, 0.717) is 19.8 Å². The Labute approximate surface area is 227 Å². The molecule has 0 aliphatic carbocycles. The Hall–Kier alpha value is 0.411. The molecule has 0 aromatic heterocycles. The van der Waals surface area contributed by atoms with E-state index in [1.807, 2.05) is 0 Å². The molecule has 216 valence electrons. The average Bonchev–Trinajstić information content (AvgIpc) is 2.76. The van der Waals surface area contributed by atoms with Crippen LogP contribution in [0.25, 0.3) is 0 Å². The fourth-order valence-electron chi connectivity index (χ4n) is 5.20. The van der Waals surface area contributed by atoms with Gasteiger partial charge in [-0.1, -0.05) is 83.1 Å². The van der Waals surface area contributed by atoms with Crippen molar-refractivity contribution in [3.05, 3.63) is 0 Å². The second-order valence-electron chi connectivity index (χ2n) is 13.6. The van der Waals surface area contributed by atoms with Crippen LogP contribution in [0.3, 0.4) is 0 Å². The van der Waals surface area contributed by atoms with Crippen molar-refractivity contribution in [3.63, 3.8) is 0 Å². The first kappa shape index (κ1) is 34.4. The second-order valence-corrected chi connectivity index (χ2v) is 27.0. The van der Waals surface area contributed by atoms with E-state index in [1.165, 1.54) is 0 Å². The summed E-state index contributed by atoms with van der Waals surface area (Å²) < 4.78 is 42.3. The summed E-state index contributed by atoms with van der Waals surface area (Å²) in [6.07, 6.45) is 2.85. The SMILES string of the molecule is CCCOC(C)[Si]1(C(C)(C)C)O[Si](C(C)OCCC)(C(C)(C)C)O[Si](C(C)OCCC)(C(C)(C)C)O1. The molecule has 0 bridgehead atoms. The summed E-state index contributed by atoms with van der Waals surface area (Å²) >= 11 is 0. The van der Waals surface area contributed by atoms with Crippen molar-refractivity contribution in [1.29, 1.82) is 0 Å². The number of hydrogen-bond donors (Lipinski definition) is 0. The molecule has 1 saturated heterocycles. The van der Waals surface area contributed by atoms with Crippen LogP contribution in [0.15, 0.2) is 0 Å². The molecule has 36 heavy (non-hydrogen) atoms. The molecule has 0 spiro atoms. The summed E-state index contributed by atoms with van der Waals surface area (Å²) in [4.78, 5) is 0. The maximum Gasteiger partial charge on any atom is 0.355 e. The molecule has 0 aromatic carbocycles. The monoisotopic (exact) mass is 564 g/mol. The average molecular weight is 565 g/mol. The Kier molecular flexibility index (Phi) is 12.2. The first-order valence-corrected chi connectivity index (χ1v) is 19.9. The summed E-state index contributed by atoms with van der Waals surface area (Å²) in [6, 6.07) is 0. The minimum Gasteiger partial charge on any atom is -0.412 e. The highest BCUT2D eigenvalue weighted by molar-refractivity contribution is 6.98. The lowest BCUT2D eigenvalue weighted by molar-refractivity contribution is 0.0108. The highest BCUT2D eigenvalue weighted by atomic mass is 28.5. The summed E-state index contributed by atoms with van der Waals surface area (Å²) in [6.45, 7) is 35.3. The molecule has 3 unspecified atom stereocenters. The van der Waals surface area contributed by atoms with Crippen LogP contribution in [0.1, 0.15) is 123 Å². The zero-order valence-corrected chi connectivity index (χ0v) is 29.4. The molecule has 0 amide bonds. The molecule has 0 radical (unpaired) electrons. The lowest BCUT2D eigenvalue weighted by Gasteiger charge is -2.65. The topological polar surface area (TPSA) is 55.4 Å². The zero-order valence-electron chi connectivity index (χ0n) is 26.4. The second kappa shape index (κ2) is 12.7. The molecule has 0 N–H and O–H groups in total. The van der Waals surface area contributed by atoms with Gasteiger partial charge >= 0.3 is 25.7 Å². The van der Waals surface area contributed by atoms with E-state index in [9.17, 15) is 0 Å². The lowest BCUT2D eigenvalue weighted by Crippen LogP contribution is -2.84. The first-order valence-electron chi connectivity index (χ1n) is 14.3. The van der Waals surface area contributed by atoms with Gasteiger partial charge in [0.25, 0.3) is 0 Å². The number of hydrogen-bond acceptors (Lipinski definition) is 6. The molecule has 1 rings (SSSR count). The Morgan fingerprint density at radius 3 is 0.806 bits per heavy atom. The minimum atomic E-state index is -3.10. The van der Waals surface area contributed by atoms with Crippen molar-refractivity contribution in [3.8, 4) is 0 Å². The molecule has 0 aromatic rings. The van der Waals surface area contributed by atoms with Gasteiger partial charge in [-0.3, -0.25) is 0 Å². The van der Waals surface area contributed by atoms with Crippen LogP contribution in [0.2, 0.25) is 15.1 Å². The smallest absolute Gasteiger partial charge is 0.355 e. The van der Waals surface area contributed by atoms with Gasteiger partial charge in [-0.15, -0.1) is 0 Å². The third-order valence-corrected chi connectivity index (χ3v) is 24.6. The standard InChI is InChI=1S/C27H60O6Si3/c1-16-19-28-22(4)34(25(7,8)9)31-35(26(10,11)12,23(5)29-20-17-2)33-36(32-34,27(13,14)15)24(6)30-21-18-3/h22-24H,16-21H2,1-15H3. The maximum atomic E-state index is 7.58. The molecule has 6 nitrogen and oxygen atoms in total. The van der Waals surface area contributed by atoms with Gasteiger partial charge in [-0.05, 0) is 40.0 Å². The van der Waals surface area contributed by atoms with E-state index in [4.69, 9.17) is 26.6 Å². The van der Waals surface area contributed by atoms with Crippen LogP contribution in [0, 0.1) is 0 Å². The van der Waals surface area contributed by atoms with Gasteiger partial charge in [0.2, 0.25) is 0 Å². The van der Waals surface area contributed by atoms with Gasteiger partial charge in [0.15, 0.2) is 0 Å². The molecule has 1 aliphatic heterocycles. The van der Waals surface area contributed by atoms with Gasteiger partial charge in [0.1, 0.15) is 0 Å². The van der Waals surface area contributed by atoms with E-state index in [2.05, 4.69) is 104 Å². The van der Waals surface area contributed by atoms with Crippen molar-refractivity contribution < 1.29 is 26.6 Å². The lowest BCUT2D eigenvalue weighted by atomic mass is 10.2. The van der Waals surface area contributed by atoms with Crippen molar-refractivity contribution in [1.82, 2.24) is 0 Å². The molecule has 1 heterocycles. The normalized spacial score (nSPS) is 30.8. The third kappa shape index (κ3) is 6.75. The summed E-state index contributed by atoms with van der Waals surface area (Å²) in [5, 5.41) is -0.774. The summed E-state index contributed by atoms with van der Waals surface area (Å²) in [7, 11) is -9.31. The van der Waals surface area contributed by atoms with Crippen molar-refractivity contribution in [2.75, 3.05) is 19.8 Å². The Morgan fingerprint density at radius 2 is 0.667 bits per heavy atom. The first-order chi connectivity index (χ1) is 16.3. The Morgan fingerprint density at radius 1 is 0.472 bits per heavy atom. The predicted molar refractivity (Wildman–Crippen MR) is 157 cm³/mol. The molecular weight excluding hydrogens is 505 g/mol. The maximum absolute atomic E-state index is 7.58. The summed E-state index contributed by atoms with van der Waals surface area (Å²) in [5.41, 5.74) is -0.496. The van der Waals surface area contributed by atoms with Gasteiger partial charge in [-0.25, -0.2) is 0 Å². The van der Waals surface area contributed by atoms with Gasteiger partial charge in [-0.2, -0.15) is 0 Å². The number of ether oxygens (including phenoxy) is 3. The highest BCUT2D eigenvalue weighted by Crippen LogP contribution is 2.58. The van der Waals surface area contributed by atoms with Crippen molar-refractivity contribution in [2.24, 2.45) is 0 Å². The van der Waals surface area contributed by atoms with Crippen LogP contribution in [0.4, 0.5) is 0 Å². The van der Waals surface area contributed by atoms with E-state index in [-0.39, 0.29) is 32.3 Å². The number of rotatable bonds is 12. The van der Waals surface area contributed by atoms with Crippen molar-refractivity contribution in [2.45, 2.75) is 155 Å². The Bertz CT molecular complexity index is 572. The van der Waals surface area contributed by atoms with Crippen LogP contribution in [-0.2, 0) is 26.6 Å². The summed E-state index contributed by atoms with van der Waals surface area (Å²) in [5.74, 6) is 0. The fraction of sp³-hybridized carbons (Fsp3) is 1.00. The highest BCUT2D eigenvalue weighted by Gasteiger charge is 2.76. The Balaban J connectivity index is 4.08. The minimum absolute atomic E-state index is 0.165. The van der Waals surface area contributed by atoms with E-state index in [1.54, 1.807) is 0 Å². The molecule has 9 heteroatoms. The molecule has 1 fully saturated rings. The van der Waals surface area contributed by atoms with E-state index in [0.717, 1.165) is 19.3 Å². The molecule has 1 aliphatic rings. The van der Waals surface area contributed by atoms with Crippen LogP contribution >= 0.6 is 0 Å². The third-order valence-electron chi connectivity index (χ3n) is 7.37. The van der Waals surface area contributed by atoms with Crippen LogP contribution < -0.4 is 0 Å². The zero-order chi connectivity index (χ0) is 28.2. The van der Waals surface area contributed by atoms with Gasteiger partial charge in [0, 0.05) is 34.9 Å². The fourth-order valence-corrected chi connectivity index (χ4v) is 28.2. The largest absolute Gasteiger partial charge is 0.412 e. The van der Waals surface area contributed by atoms with E-state index >= 15 is 0 Å². The predicted octanol–water partition coefficient (Wildman–Crippen LogP) is 7.84. The van der Waals surface area contributed by atoms with Gasteiger partial charge < -0.3 is 26.6 Å².